The number of hydrogen-bond acceptors (Lipinski definition) is 4. The lowest BCUT2D eigenvalue weighted by atomic mass is 10.2. The van der Waals surface area contributed by atoms with Gasteiger partial charge in [0, 0.05) is 6.20 Å². The zero-order valence-corrected chi connectivity index (χ0v) is 9.83. The third kappa shape index (κ3) is 2.10. The quantitative estimate of drug-likeness (QED) is 0.789. The standard InChI is InChI=1S/C12H13N3O3/c1-7(16)6-15-10-3-2-4-14-9(10)5-8(11(13)17)12(15)18/h2-5,7,16H,6H2,1H3,(H2,13,17). The number of carbonyl (C=O) groups is 1. The van der Waals surface area contributed by atoms with Crippen molar-refractivity contribution in [2.75, 3.05) is 0 Å². The molecule has 0 aliphatic heterocycles. The van der Waals surface area contributed by atoms with Crippen molar-refractivity contribution < 1.29 is 9.90 Å². The van der Waals surface area contributed by atoms with Gasteiger partial charge in [0.15, 0.2) is 0 Å². The number of pyridine rings is 2. The Morgan fingerprint density at radius 1 is 1.61 bits per heavy atom. The molecule has 1 amide bonds. The van der Waals surface area contributed by atoms with E-state index in [2.05, 4.69) is 4.98 Å². The zero-order valence-electron chi connectivity index (χ0n) is 9.83. The van der Waals surface area contributed by atoms with Crippen LogP contribution >= 0.6 is 0 Å². The van der Waals surface area contributed by atoms with Crippen LogP contribution in [0.5, 0.6) is 0 Å². The molecule has 2 rings (SSSR count). The molecular weight excluding hydrogens is 234 g/mol. The first kappa shape index (κ1) is 12.3. The zero-order chi connectivity index (χ0) is 13.3. The van der Waals surface area contributed by atoms with Gasteiger partial charge in [-0.2, -0.15) is 0 Å². The normalized spacial score (nSPS) is 12.6. The first-order chi connectivity index (χ1) is 8.50. The van der Waals surface area contributed by atoms with Gasteiger partial charge in [-0.05, 0) is 25.1 Å². The van der Waals surface area contributed by atoms with Crippen molar-refractivity contribution in [3.8, 4) is 0 Å². The maximum Gasteiger partial charge on any atom is 0.264 e. The third-order valence-electron chi connectivity index (χ3n) is 2.58. The van der Waals surface area contributed by atoms with Gasteiger partial charge in [0.1, 0.15) is 5.56 Å². The van der Waals surface area contributed by atoms with E-state index in [9.17, 15) is 14.7 Å². The lowest BCUT2D eigenvalue weighted by Gasteiger charge is -2.12. The van der Waals surface area contributed by atoms with E-state index in [4.69, 9.17) is 5.73 Å². The molecule has 2 aromatic rings. The van der Waals surface area contributed by atoms with E-state index in [0.717, 1.165) is 0 Å². The number of aromatic nitrogens is 2. The molecule has 0 spiro atoms. The molecule has 0 saturated heterocycles. The molecule has 0 fully saturated rings. The van der Waals surface area contributed by atoms with Crippen molar-refractivity contribution >= 4 is 16.9 Å². The van der Waals surface area contributed by atoms with Crippen molar-refractivity contribution in [3.05, 3.63) is 40.3 Å². The molecule has 6 heteroatoms. The first-order valence-electron chi connectivity index (χ1n) is 5.47. The van der Waals surface area contributed by atoms with E-state index in [1.807, 2.05) is 0 Å². The highest BCUT2D eigenvalue weighted by atomic mass is 16.3. The number of fused-ring (bicyclic) bond motifs is 1. The van der Waals surface area contributed by atoms with Crippen molar-refractivity contribution in [1.82, 2.24) is 9.55 Å². The van der Waals surface area contributed by atoms with Crippen molar-refractivity contribution in [2.24, 2.45) is 5.73 Å². The molecule has 2 aromatic heterocycles. The largest absolute Gasteiger partial charge is 0.392 e. The van der Waals surface area contributed by atoms with Crippen LogP contribution in [0.3, 0.4) is 0 Å². The molecule has 0 saturated carbocycles. The average molecular weight is 247 g/mol. The van der Waals surface area contributed by atoms with Gasteiger partial charge in [-0.25, -0.2) is 0 Å². The maximum absolute atomic E-state index is 12.1. The first-order valence-corrected chi connectivity index (χ1v) is 5.47. The number of nitrogens with two attached hydrogens (primary N) is 1. The Hall–Kier alpha value is -2.21. The van der Waals surface area contributed by atoms with E-state index in [1.54, 1.807) is 25.3 Å². The number of aliphatic hydroxyl groups is 1. The molecule has 3 N–H and O–H groups in total. The summed E-state index contributed by atoms with van der Waals surface area (Å²) in [5, 5.41) is 9.42. The third-order valence-corrected chi connectivity index (χ3v) is 2.58. The number of amides is 1. The number of primary amides is 1. The van der Waals surface area contributed by atoms with Crippen molar-refractivity contribution in [1.29, 1.82) is 0 Å². The molecule has 6 nitrogen and oxygen atoms in total. The van der Waals surface area contributed by atoms with Crippen molar-refractivity contribution in [2.45, 2.75) is 19.6 Å². The summed E-state index contributed by atoms with van der Waals surface area (Å²) in [4.78, 5) is 27.4. The topological polar surface area (TPSA) is 98.2 Å². The summed E-state index contributed by atoms with van der Waals surface area (Å²) in [6.45, 7) is 1.65. The summed E-state index contributed by atoms with van der Waals surface area (Å²) >= 11 is 0. The Morgan fingerprint density at radius 2 is 2.33 bits per heavy atom. The Morgan fingerprint density at radius 3 is 2.94 bits per heavy atom. The van der Waals surface area contributed by atoms with Gasteiger partial charge in [0.05, 0.1) is 23.7 Å². The summed E-state index contributed by atoms with van der Waals surface area (Å²) in [7, 11) is 0. The number of nitrogens with zero attached hydrogens (tertiary/aromatic N) is 2. The molecule has 1 atom stereocenters. The molecule has 0 radical (unpaired) electrons. The minimum atomic E-state index is -0.799. The number of carbonyl (C=O) groups excluding carboxylic acids is 1. The summed E-state index contributed by atoms with van der Waals surface area (Å²) < 4.78 is 1.31. The smallest absolute Gasteiger partial charge is 0.264 e. The highest BCUT2D eigenvalue weighted by molar-refractivity contribution is 5.95. The summed E-state index contributed by atoms with van der Waals surface area (Å²) in [5.74, 6) is -0.799. The van der Waals surface area contributed by atoms with Crippen LogP contribution < -0.4 is 11.3 Å². The van der Waals surface area contributed by atoms with Gasteiger partial charge in [0.25, 0.3) is 11.5 Å². The van der Waals surface area contributed by atoms with E-state index in [1.165, 1.54) is 10.6 Å². The van der Waals surface area contributed by atoms with Crippen LogP contribution in [0.2, 0.25) is 0 Å². The van der Waals surface area contributed by atoms with Crippen LogP contribution in [0.15, 0.2) is 29.2 Å². The molecule has 94 valence electrons. The second kappa shape index (κ2) is 4.58. The Labute approximate surface area is 103 Å². The average Bonchev–Trinajstić information content (AvgIpc) is 2.31. The van der Waals surface area contributed by atoms with E-state index in [0.29, 0.717) is 11.0 Å². The lowest BCUT2D eigenvalue weighted by molar-refractivity contribution is 0.0997. The fourth-order valence-electron chi connectivity index (χ4n) is 1.82. The lowest BCUT2D eigenvalue weighted by Crippen LogP contribution is -2.32. The van der Waals surface area contributed by atoms with E-state index >= 15 is 0 Å². The van der Waals surface area contributed by atoms with Crippen LogP contribution in [0.1, 0.15) is 17.3 Å². The predicted octanol–water partition coefficient (Wildman–Crippen LogP) is -0.124. The fourth-order valence-corrected chi connectivity index (χ4v) is 1.82. The van der Waals surface area contributed by atoms with Gasteiger partial charge in [0.2, 0.25) is 0 Å². The summed E-state index contributed by atoms with van der Waals surface area (Å²) in [5.41, 5.74) is 5.58. The fraction of sp³-hybridized carbons (Fsp3) is 0.250. The van der Waals surface area contributed by atoms with Gasteiger partial charge in [-0.1, -0.05) is 0 Å². The second-order valence-corrected chi connectivity index (χ2v) is 4.09. The molecule has 0 bridgehead atoms. The monoisotopic (exact) mass is 247 g/mol. The second-order valence-electron chi connectivity index (χ2n) is 4.09. The number of rotatable bonds is 3. The van der Waals surface area contributed by atoms with Crippen LogP contribution in [0.25, 0.3) is 11.0 Å². The molecule has 1 unspecified atom stereocenters. The van der Waals surface area contributed by atoms with Gasteiger partial charge in [-0.3, -0.25) is 14.6 Å². The van der Waals surface area contributed by atoms with E-state index in [-0.39, 0.29) is 12.1 Å². The highest BCUT2D eigenvalue weighted by Crippen LogP contribution is 2.11. The highest BCUT2D eigenvalue weighted by Gasteiger charge is 2.14. The van der Waals surface area contributed by atoms with Gasteiger partial charge < -0.3 is 15.4 Å². The molecule has 0 aromatic carbocycles. The molecule has 2 heterocycles. The van der Waals surface area contributed by atoms with Crippen LogP contribution in [-0.4, -0.2) is 26.7 Å². The molecule has 0 aliphatic carbocycles. The minimum Gasteiger partial charge on any atom is -0.392 e. The predicted molar refractivity (Wildman–Crippen MR) is 66.2 cm³/mol. The van der Waals surface area contributed by atoms with Crippen molar-refractivity contribution in [3.63, 3.8) is 0 Å². The van der Waals surface area contributed by atoms with E-state index < -0.39 is 17.6 Å². The summed E-state index contributed by atoms with van der Waals surface area (Å²) in [6.07, 6.45) is 0.846. The Kier molecular flexibility index (Phi) is 3.12. The molecule has 0 aliphatic rings. The van der Waals surface area contributed by atoms with Gasteiger partial charge >= 0.3 is 0 Å². The maximum atomic E-state index is 12.1. The number of hydrogen-bond donors (Lipinski definition) is 2. The molecule has 18 heavy (non-hydrogen) atoms. The Balaban J connectivity index is 2.81. The molecular formula is C12H13N3O3. The SMILES string of the molecule is CC(O)Cn1c(=O)c(C(N)=O)cc2ncccc21. The Bertz CT molecular complexity index is 661. The van der Waals surface area contributed by atoms with Crippen LogP contribution in [-0.2, 0) is 6.54 Å². The number of aliphatic hydroxyl groups excluding tert-OH is 1. The van der Waals surface area contributed by atoms with Crippen LogP contribution in [0, 0.1) is 0 Å². The minimum absolute atomic E-state index is 0.0855. The van der Waals surface area contributed by atoms with Gasteiger partial charge in [-0.15, -0.1) is 0 Å². The summed E-state index contributed by atoms with van der Waals surface area (Å²) in [6, 6.07) is 4.76. The van der Waals surface area contributed by atoms with Crippen LogP contribution in [0.4, 0.5) is 0 Å².